The lowest BCUT2D eigenvalue weighted by Crippen LogP contribution is -2.30. The van der Waals surface area contributed by atoms with Gasteiger partial charge in [-0.25, -0.2) is 4.79 Å². The molecule has 0 amide bonds. The fourth-order valence-corrected chi connectivity index (χ4v) is 4.83. The van der Waals surface area contributed by atoms with Crippen LogP contribution in [-0.2, 0) is 11.2 Å². The molecule has 3 nitrogen and oxygen atoms in total. The number of hydrogen-bond acceptors (Lipinski definition) is 4. The van der Waals surface area contributed by atoms with E-state index in [1.165, 1.54) is 34.2 Å². The molecule has 1 fully saturated rings. The SMILES string of the molecule is CCOC(=O)c1ccc(CC2CCCN2c2cccc3ccccc23)s1. The molecular formula is C22H23NO2S. The van der Waals surface area contributed by atoms with E-state index in [2.05, 4.69) is 53.4 Å². The van der Waals surface area contributed by atoms with E-state index < -0.39 is 0 Å². The predicted molar refractivity (Wildman–Crippen MR) is 108 cm³/mol. The zero-order valence-corrected chi connectivity index (χ0v) is 15.8. The summed E-state index contributed by atoms with van der Waals surface area (Å²) < 4.78 is 5.11. The molecule has 1 saturated heterocycles. The standard InChI is InChI=1S/C22H23NO2S/c1-2-25-22(24)21-13-12-18(26-21)15-17-9-6-14-23(17)20-11-5-8-16-7-3-4-10-19(16)20/h3-5,7-8,10-13,17H,2,6,9,14-15H2,1H3. The lowest BCUT2D eigenvalue weighted by molar-refractivity contribution is 0.0532. The molecule has 2 heterocycles. The molecule has 1 unspecified atom stereocenters. The van der Waals surface area contributed by atoms with Crippen LogP contribution < -0.4 is 4.90 Å². The first-order chi connectivity index (χ1) is 12.8. The van der Waals surface area contributed by atoms with Gasteiger partial charge in [0.1, 0.15) is 4.88 Å². The Kier molecular flexibility index (Phi) is 4.93. The van der Waals surface area contributed by atoms with E-state index in [-0.39, 0.29) is 5.97 Å². The van der Waals surface area contributed by atoms with E-state index in [4.69, 9.17) is 4.74 Å². The van der Waals surface area contributed by atoms with Crippen LogP contribution in [0.4, 0.5) is 5.69 Å². The second-order valence-electron chi connectivity index (χ2n) is 6.68. The van der Waals surface area contributed by atoms with Crippen molar-refractivity contribution in [3.05, 3.63) is 64.4 Å². The van der Waals surface area contributed by atoms with Crippen molar-refractivity contribution in [3.8, 4) is 0 Å². The normalized spacial score (nSPS) is 17.0. The number of anilines is 1. The van der Waals surface area contributed by atoms with E-state index in [9.17, 15) is 4.79 Å². The molecule has 4 rings (SSSR count). The maximum atomic E-state index is 11.9. The molecule has 0 spiro atoms. The van der Waals surface area contributed by atoms with E-state index in [0.717, 1.165) is 13.0 Å². The summed E-state index contributed by atoms with van der Waals surface area (Å²) in [6.45, 7) is 3.35. The Balaban J connectivity index is 1.56. The van der Waals surface area contributed by atoms with Gasteiger partial charge in [-0.15, -0.1) is 11.3 Å². The summed E-state index contributed by atoms with van der Waals surface area (Å²) in [7, 11) is 0. The summed E-state index contributed by atoms with van der Waals surface area (Å²) in [5.74, 6) is -0.207. The summed E-state index contributed by atoms with van der Waals surface area (Å²) in [6.07, 6.45) is 3.38. The van der Waals surface area contributed by atoms with Crippen molar-refractivity contribution in [1.29, 1.82) is 0 Å². The van der Waals surface area contributed by atoms with E-state index in [1.807, 2.05) is 13.0 Å². The molecule has 0 bridgehead atoms. The third-order valence-corrected chi connectivity index (χ3v) is 6.12. The van der Waals surface area contributed by atoms with Crippen LogP contribution in [-0.4, -0.2) is 25.2 Å². The van der Waals surface area contributed by atoms with Crippen LogP contribution in [0.3, 0.4) is 0 Å². The largest absolute Gasteiger partial charge is 0.462 e. The number of esters is 1. The Bertz CT molecular complexity index is 912. The van der Waals surface area contributed by atoms with Gasteiger partial charge in [-0.2, -0.15) is 0 Å². The monoisotopic (exact) mass is 365 g/mol. The van der Waals surface area contributed by atoms with Crippen LogP contribution in [0.15, 0.2) is 54.6 Å². The van der Waals surface area contributed by atoms with Gasteiger partial charge in [0, 0.05) is 35.0 Å². The number of ether oxygens (including phenoxy) is 1. The quantitative estimate of drug-likeness (QED) is 0.575. The Morgan fingerprint density at radius 1 is 1.15 bits per heavy atom. The Morgan fingerprint density at radius 2 is 2.00 bits per heavy atom. The average Bonchev–Trinajstić information content (AvgIpc) is 3.31. The van der Waals surface area contributed by atoms with Crippen molar-refractivity contribution < 1.29 is 9.53 Å². The predicted octanol–water partition coefficient (Wildman–Crippen LogP) is 5.29. The molecule has 0 N–H and O–H groups in total. The molecule has 4 heteroatoms. The highest BCUT2D eigenvalue weighted by Gasteiger charge is 2.26. The number of fused-ring (bicyclic) bond motifs is 1. The maximum absolute atomic E-state index is 11.9. The van der Waals surface area contributed by atoms with Crippen molar-refractivity contribution in [2.45, 2.75) is 32.2 Å². The summed E-state index contributed by atoms with van der Waals surface area (Å²) in [4.78, 5) is 16.4. The number of hydrogen-bond donors (Lipinski definition) is 0. The minimum absolute atomic E-state index is 0.207. The number of carbonyl (C=O) groups excluding carboxylic acids is 1. The first kappa shape index (κ1) is 17.1. The number of rotatable bonds is 5. The first-order valence-electron chi connectivity index (χ1n) is 9.26. The first-order valence-corrected chi connectivity index (χ1v) is 10.1. The van der Waals surface area contributed by atoms with Gasteiger partial charge >= 0.3 is 5.97 Å². The van der Waals surface area contributed by atoms with Crippen LogP contribution in [0.2, 0.25) is 0 Å². The fraction of sp³-hybridized carbons (Fsp3) is 0.318. The van der Waals surface area contributed by atoms with Gasteiger partial charge in [0.15, 0.2) is 0 Å². The smallest absolute Gasteiger partial charge is 0.348 e. The molecule has 1 aromatic heterocycles. The van der Waals surface area contributed by atoms with Crippen molar-refractivity contribution in [1.82, 2.24) is 0 Å². The van der Waals surface area contributed by atoms with Gasteiger partial charge in [0.25, 0.3) is 0 Å². The van der Waals surface area contributed by atoms with Gasteiger partial charge < -0.3 is 9.64 Å². The molecule has 1 aliphatic rings. The average molecular weight is 365 g/mol. The topological polar surface area (TPSA) is 29.5 Å². The van der Waals surface area contributed by atoms with Crippen molar-refractivity contribution in [2.24, 2.45) is 0 Å². The van der Waals surface area contributed by atoms with E-state index in [1.54, 1.807) is 11.3 Å². The van der Waals surface area contributed by atoms with E-state index in [0.29, 0.717) is 17.5 Å². The molecule has 0 saturated carbocycles. The van der Waals surface area contributed by atoms with Crippen molar-refractivity contribution >= 4 is 33.8 Å². The number of nitrogens with zero attached hydrogens (tertiary/aromatic N) is 1. The number of thiophene rings is 1. The Morgan fingerprint density at radius 3 is 2.88 bits per heavy atom. The summed E-state index contributed by atoms with van der Waals surface area (Å²) in [6, 6.07) is 19.6. The van der Waals surface area contributed by atoms with Crippen molar-refractivity contribution in [3.63, 3.8) is 0 Å². The number of benzene rings is 2. The van der Waals surface area contributed by atoms with Gasteiger partial charge in [-0.3, -0.25) is 0 Å². The van der Waals surface area contributed by atoms with Crippen LogP contribution in [0.5, 0.6) is 0 Å². The van der Waals surface area contributed by atoms with Gasteiger partial charge in [-0.05, 0) is 43.4 Å². The molecule has 2 aromatic carbocycles. The Hall–Kier alpha value is -2.33. The summed E-state index contributed by atoms with van der Waals surface area (Å²) >= 11 is 1.57. The minimum Gasteiger partial charge on any atom is -0.462 e. The zero-order valence-electron chi connectivity index (χ0n) is 15.0. The molecule has 0 aliphatic carbocycles. The second-order valence-corrected chi connectivity index (χ2v) is 7.85. The second kappa shape index (κ2) is 7.50. The zero-order chi connectivity index (χ0) is 17.9. The molecular weight excluding hydrogens is 342 g/mol. The molecule has 0 radical (unpaired) electrons. The number of carbonyl (C=O) groups is 1. The minimum atomic E-state index is -0.207. The summed E-state index contributed by atoms with van der Waals surface area (Å²) in [5.41, 5.74) is 1.33. The highest BCUT2D eigenvalue weighted by molar-refractivity contribution is 7.13. The molecule has 1 atom stereocenters. The van der Waals surface area contributed by atoms with Crippen LogP contribution in [0.25, 0.3) is 10.8 Å². The third kappa shape index (κ3) is 3.34. The van der Waals surface area contributed by atoms with Gasteiger partial charge in [0.05, 0.1) is 6.61 Å². The fourth-order valence-electron chi connectivity index (χ4n) is 3.86. The molecule has 26 heavy (non-hydrogen) atoms. The highest BCUT2D eigenvalue weighted by atomic mass is 32.1. The molecule has 134 valence electrons. The van der Waals surface area contributed by atoms with Crippen LogP contribution >= 0.6 is 11.3 Å². The van der Waals surface area contributed by atoms with Crippen molar-refractivity contribution in [2.75, 3.05) is 18.1 Å². The third-order valence-electron chi connectivity index (χ3n) is 5.03. The van der Waals surface area contributed by atoms with Crippen LogP contribution in [0.1, 0.15) is 34.3 Å². The van der Waals surface area contributed by atoms with Crippen LogP contribution in [0, 0.1) is 0 Å². The molecule has 3 aromatic rings. The van der Waals surface area contributed by atoms with Gasteiger partial charge in [0.2, 0.25) is 0 Å². The highest BCUT2D eigenvalue weighted by Crippen LogP contribution is 2.34. The Labute approximate surface area is 158 Å². The lowest BCUT2D eigenvalue weighted by atomic mass is 10.1. The maximum Gasteiger partial charge on any atom is 0.348 e. The lowest BCUT2D eigenvalue weighted by Gasteiger charge is -2.28. The van der Waals surface area contributed by atoms with E-state index >= 15 is 0 Å². The summed E-state index contributed by atoms with van der Waals surface area (Å²) in [5, 5.41) is 2.61. The van der Waals surface area contributed by atoms with Gasteiger partial charge in [-0.1, -0.05) is 36.4 Å². The molecule has 1 aliphatic heterocycles.